The molecule has 1 aliphatic carbocycles. The van der Waals surface area contributed by atoms with Crippen LogP contribution in [0.3, 0.4) is 0 Å². The van der Waals surface area contributed by atoms with E-state index in [-0.39, 0.29) is 17.9 Å². The van der Waals surface area contributed by atoms with Crippen LogP contribution in [0.4, 0.5) is 0 Å². The minimum atomic E-state index is -0.855. The average molecular weight is 365 g/mol. The highest BCUT2D eigenvalue weighted by molar-refractivity contribution is 5.94. The Morgan fingerprint density at radius 2 is 1.89 bits per heavy atom. The fourth-order valence-corrected chi connectivity index (χ4v) is 4.83. The monoisotopic (exact) mass is 365 g/mol. The van der Waals surface area contributed by atoms with E-state index in [1.165, 1.54) is 0 Å². The van der Waals surface area contributed by atoms with Gasteiger partial charge in [0.25, 0.3) is 5.91 Å². The third-order valence-electron chi connectivity index (χ3n) is 6.28. The van der Waals surface area contributed by atoms with Crippen LogP contribution in [-0.2, 0) is 12.0 Å². The number of aryl methyl sites for hydroxylation is 1. The van der Waals surface area contributed by atoms with E-state index >= 15 is 0 Å². The van der Waals surface area contributed by atoms with Crippen molar-refractivity contribution >= 4 is 5.91 Å². The Kier molecular flexibility index (Phi) is 4.96. The highest BCUT2D eigenvalue weighted by Gasteiger charge is 2.50. The number of likely N-dealkylation sites (tertiary alicyclic amines) is 1. The Morgan fingerprint density at radius 1 is 1.19 bits per heavy atom. The first kappa shape index (κ1) is 18.1. The van der Waals surface area contributed by atoms with Crippen LogP contribution in [0.1, 0.15) is 60.8 Å². The van der Waals surface area contributed by atoms with E-state index in [2.05, 4.69) is 9.97 Å². The zero-order valence-electron chi connectivity index (χ0n) is 15.8. The Morgan fingerprint density at radius 3 is 2.59 bits per heavy atom. The van der Waals surface area contributed by atoms with Crippen molar-refractivity contribution in [3.8, 4) is 0 Å². The molecule has 1 N–H and O–H groups in total. The standard InChI is InChI=1S/C22H27N3O2/c1-2-20-23-14-16(15-24-20)21(26)25-13-12-22(27,17-8-4-3-5-9-17)18-10-6-7-11-19(18)25/h3-5,8-9,14-15,18-19,27H,2,6-7,10-13H2,1H3/t18-,19+,22+/m0/s1. The maximum atomic E-state index is 13.2. The molecule has 2 aromatic rings. The maximum absolute atomic E-state index is 13.2. The summed E-state index contributed by atoms with van der Waals surface area (Å²) >= 11 is 0. The van der Waals surface area contributed by atoms with Crippen LogP contribution >= 0.6 is 0 Å². The van der Waals surface area contributed by atoms with Gasteiger partial charge in [0.05, 0.1) is 11.2 Å². The molecular formula is C22H27N3O2. The van der Waals surface area contributed by atoms with Crippen molar-refractivity contribution in [3.05, 3.63) is 59.7 Å². The molecule has 1 aromatic carbocycles. The highest BCUT2D eigenvalue weighted by Crippen LogP contribution is 2.47. The molecule has 1 aromatic heterocycles. The van der Waals surface area contributed by atoms with Gasteiger partial charge in [-0.2, -0.15) is 0 Å². The van der Waals surface area contributed by atoms with Crippen LogP contribution in [0.2, 0.25) is 0 Å². The van der Waals surface area contributed by atoms with Crippen molar-refractivity contribution in [1.82, 2.24) is 14.9 Å². The Hall–Kier alpha value is -2.27. The van der Waals surface area contributed by atoms with Gasteiger partial charge in [-0.3, -0.25) is 4.79 Å². The van der Waals surface area contributed by atoms with Crippen molar-refractivity contribution in [2.45, 2.75) is 57.1 Å². The number of aliphatic hydroxyl groups is 1. The number of hydrogen-bond acceptors (Lipinski definition) is 4. The Bertz CT molecular complexity index is 793. The zero-order chi connectivity index (χ0) is 18.9. The fourth-order valence-electron chi connectivity index (χ4n) is 4.83. The predicted octanol–water partition coefficient (Wildman–Crippen LogP) is 3.33. The number of fused-ring (bicyclic) bond motifs is 1. The van der Waals surface area contributed by atoms with E-state index in [9.17, 15) is 9.90 Å². The lowest BCUT2D eigenvalue weighted by atomic mass is 9.66. The normalized spacial score (nSPS) is 27.9. The van der Waals surface area contributed by atoms with Crippen LogP contribution in [-0.4, -0.2) is 38.5 Å². The van der Waals surface area contributed by atoms with E-state index in [1.807, 2.05) is 42.2 Å². The molecule has 2 heterocycles. The van der Waals surface area contributed by atoms with Crippen LogP contribution in [0.15, 0.2) is 42.7 Å². The van der Waals surface area contributed by atoms with E-state index in [4.69, 9.17) is 0 Å². The molecule has 2 aliphatic rings. The number of rotatable bonds is 3. The van der Waals surface area contributed by atoms with Gasteiger partial charge in [0, 0.05) is 37.3 Å². The summed E-state index contributed by atoms with van der Waals surface area (Å²) in [7, 11) is 0. The molecule has 1 amide bonds. The van der Waals surface area contributed by atoms with Gasteiger partial charge < -0.3 is 10.0 Å². The first-order valence-corrected chi connectivity index (χ1v) is 10.0. The van der Waals surface area contributed by atoms with Crippen LogP contribution in [0, 0.1) is 5.92 Å². The first-order chi connectivity index (χ1) is 13.1. The number of carbonyl (C=O) groups is 1. The van der Waals surface area contributed by atoms with E-state index in [0.717, 1.165) is 43.5 Å². The SMILES string of the molecule is CCc1ncc(C(=O)N2CC[C@@](O)(c3ccccc3)[C@H]3CCCC[C@H]32)cn1. The molecule has 1 aliphatic heterocycles. The van der Waals surface area contributed by atoms with Crippen molar-refractivity contribution in [2.24, 2.45) is 5.92 Å². The van der Waals surface area contributed by atoms with Crippen molar-refractivity contribution in [2.75, 3.05) is 6.54 Å². The van der Waals surface area contributed by atoms with Crippen molar-refractivity contribution < 1.29 is 9.90 Å². The van der Waals surface area contributed by atoms with E-state index < -0.39 is 5.60 Å². The quantitative estimate of drug-likeness (QED) is 0.906. The lowest BCUT2D eigenvalue weighted by Crippen LogP contribution is -2.59. The minimum absolute atomic E-state index is 0.00957. The molecule has 5 heteroatoms. The second-order valence-electron chi connectivity index (χ2n) is 7.74. The van der Waals surface area contributed by atoms with Crippen molar-refractivity contribution in [3.63, 3.8) is 0 Å². The van der Waals surface area contributed by atoms with Gasteiger partial charge in [-0.25, -0.2) is 9.97 Å². The number of carbonyl (C=O) groups excluding carboxylic acids is 1. The summed E-state index contributed by atoms with van der Waals surface area (Å²) in [6, 6.07) is 10.0. The van der Waals surface area contributed by atoms with Gasteiger partial charge >= 0.3 is 0 Å². The summed E-state index contributed by atoms with van der Waals surface area (Å²) in [5, 5.41) is 11.6. The van der Waals surface area contributed by atoms with Crippen LogP contribution < -0.4 is 0 Å². The number of nitrogens with zero attached hydrogens (tertiary/aromatic N) is 3. The number of aromatic nitrogens is 2. The molecule has 0 unspecified atom stereocenters. The van der Waals surface area contributed by atoms with Gasteiger partial charge in [0.1, 0.15) is 5.82 Å². The average Bonchev–Trinajstić information content (AvgIpc) is 2.74. The van der Waals surface area contributed by atoms with Gasteiger partial charge in [-0.05, 0) is 24.8 Å². The number of benzene rings is 1. The lowest BCUT2D eigenvalue weighted by molar-refractivity contribution is -0.110. The Balaban J connectivity index is 1.62. The Labute approximate surface area is 160 Å². The van der Waals surface area contributed by atoms with Crippen LogP contribution in [0.5, 0.6) is 0 Å². The second-order valence-corrected chi connectivity index (χ2v) is 7.74. The third kappa shape index (κ3) is 3.25. The van der Waals surface area contributed by atoms with E-state index in [1.54, 1.807) is 12.4 Å². The molecule has 2 fully saturated rings. The van der Waals surface area contributed by atoms with E-state index in [0.29, 0.717) is 18.5 Å². The highest BCUT2D eigenvalue weighted by atomic mass is 16.3. The zero-order valence-corrected chi connectivity index (χ0v) is 15.8. The third-order valence-corrected chi connectivity index (χ3v) is 6.28. The molecule has 1 saturated heterocycles. The fraction of sp³-hybridized carbons (Fsp3) is 0.500. The molecule has 1 saturated carbocycles. The summed E-state index contributed by atoms with van der Waals surface area (Å²) in [4.78, 5) is 23.7. The summed E-state index contributed by atoms with van der Waals surface area (Å²) in [5.41, 5.74) is 0.664. The number of piperidine rings is 1. The molecular weight excluding hydrogens is 338 g/mol. The molecule has 27 heavy (non-hydrogen) atoms. The molecule has 0 radical (unpaired) electrons. The smallest absolute Gasteiger partial charge is 0.257 e. The largest absolute Gasteiger partial charge is 0.385 e. The summed E-state index contributed by atoms with van der Waals surface area (Å²) in [5.74, 6) is 0.811. The maximum Gasteiger partial charge on any atom is 0.257 e. The predicted molar refractivity (Wildman–Crippen MR) is 103 cm³/mol. The topological polar surface area (TPSA) is 66.3 Å². The van der Waals surface area contributed by atoms with Gasteiger partial charge in [-0.15, -0.1) is 0 Å². The number of hydrogen-bond donors (Lipinski definition) is 1. The minimum Gasteiger partial charge on any atom is -0.385 e. The molecule has 4 rings (SSSR count). The van der Waals surface area contributed by atoms with Gasteiger partial charge in [0.2, 0.25) is 0 Å². The molecule has 5 nitrogen and oxygen atoms in total. The summed E-state index contributed by atoms with van der Waals surface area (Å²) in [6.07, 6.45) is 8.71. The van der Waals surface area contributed by atoms with Gasteiger partial charge in [0.15, 0.2) is 0 Å². The summed E-state index contributed by atoms with van der Waals surface area (Å²) < 4.78 is 0. The van der Waals surface area contributed by atoms with Crippen LogP contribution in [0.25, 0.3) is 0 Å². The molecule has 0 bridgehead atoms. The number of amides is 1. The summed E-state index contributed by atoms with van der Waals surface area (Å²) in [6.45, 7) is 2.55. The second kappa shape index (κ2) is 7.39. The van der Waals surface area contributed by atoms with Crippen molar-refractivity contribution in [1.29, 1.82) is 0 Å². The molecule has 142 valence electrons. The first-order valence-electron chi connectivity index (χ1n) is 10.0. The van der Waals surface area contributed by atoms with Gasteiger partial charge in [-0.1, -0.05) is 50.1 Å². The lowest BCUT2D eigenvalue weighted by Gasteiger charge is -2.52. The molecule has 3 atom stereocenters. The molecule has 0 spiro atoms.